The number of aromatic nitrogens is 2. The Morgan fingerprint density at radius 2 is 1.14 bits per heavy atom. The highest BCUT2D eigenvalue weighted by Gasteiger charge is 2.21. The number of nitrogens with zero attached hydrogens (tertiary/aromatic N) is 4. The Morgan fingerprint density at radius 3 is 1.71 bits per heavy atom. The lowest BCUT2D eigenvalue weighted by Gasteiger charge is -2.29. The van der Waals surface area contributed by atoms with Crippen molar-refractivity contribution in [1.82, 2.24) is 19.8 Å². The lowest BCUT2D eigenvalue weighted by molar-refractivity contribution is 0.0683. The maximum atomic E-state index is 10.9. The van der Waals surface area contributed by atoms with Crippen molar-refractivity contribution in [3.8, 4) is 0 Å². The molecule has 2 atom stereocenters. The number of pyridine rings is 2. The zero-order valence-corrected chi connectivity index (χ0v) is 26.4. The van der Waals surface area contributed by atoms with Gasteiger partial charge in [-0.25, -0.2) is 9.97 Å². The van der Waals surface area contributed by atoms with Gasteiger partial charge in [-0.2, -0.15) is 0 Å². The fourth-order valence-electron chi connectivity index (χ4n) is 5.82. The van der Waals surface area contributed by atoms with Gasteiger partial charge in [0.25, 0.3) is 0 Å². The summed E-state index contributed by atoms with van der Waals surface area (Å²) >= 11 is 0. The minimum Gasteiger partial charge on any atom is -0.387 e. The Balaban J connectivity index is 1.33. The Kier molecular flexibility index (Phi) is 12.7. The van der Waals surface area contributed by atoms with E-state index >= 15 is 0 Å². The van der Waals surface area contributed by atoms with Gasteiger partial charge in [0.15, 0.2) is 0 Å². The summed E-state index contributed by atoms with van der Waals surface area (Å²) in [4.78, 5) is 14.8. The Labute approximate surface area is 254 Å². The Bertz CT molecular complexity index is 1360. The summed E-state index contributed by atoms with van der Waals surface area (Å²) in [6, 6.07) is 22.7. The summed E-state index contributed by atoms with van der Waals surface area (Å²) in [6.45, 7) is 6.95. The van der Waals surface area contributed by atoms with Crippen LogP contribution in [0.15, 0.2) is 66.7 Å². The number of fused-ring (bicyclic) bond motifs is 3. The number of hydrogen-bond acceptors (Lipinski definition) is 5. The quantitative estimate of drug-likeness (QED) is 0.0961. The molecule has 0 aliphatic carbocycles. The van der Waals surface area contributed by atoms with Crippen LogP contribution >= 0.6 is 0 Å². The lowest BCUT2D eigenvalue weighted by Crippen LogP contribution is -2.34. The minimum absolute atomic E-state index is 0.0479. The van der Waals surface area contributed by atoms with E-state index < -0.39 is 6.10 Å². The molecule has 0 radical (unpaired) electrons. The predicted octanol–water partition coefficient (Wildman–Crippen LogP) is 8.69. The first-order valence-corrected chi connectivity index (χ1v) is 16.3. The lowest BCUT2D eigenvalue weighted by atomic mass is 10.0. The minimum atomic E-state index is -0.556. The van der Waals surface area contributed by atoms with Crippen LogP contribution in [-0.4, -0.2) is 51.6 Å². The van der Waals surface area contributed by atoms with Crippen molar-refractivity contribution in [3.63, 3.8) is 0 Å². The number of hydrogen-bond donors (Lipinski definition) is 1. The van der Waals surface area contributed by atoms with E-state index in [1.807, 2.05) is 37.4 Å². The van der Waals surface area contributed by atoms with E-state index in [9.17, 15) is 5.11 Å². The van der Waals surface area contributed by atoms with Crippen LogP contribution in [0.1, 0.15) is 101 Å². The first-order valence-electron chi connectivity index (χ1n) is 16.3. The number of benzene rings is 2. The molecule has 0 saturated carbocycles. The van der Waals surface area contributed by atoms with Gasteiger partial charge >= 0.3 is 0 Å². The summed E-state index contributed by atoms with van der Waals surface area (Å²) in [5.41, 5.74) is 4.93. The summed E-state index contributed by atoms with van der Waals surface area (Å²) in [6.07, 6.45) is 13.1. The van der Waals surface area contributed by atoms with Crippen LogP contribution < -0.4 is 0 Å². The van der Waals surface area contributed by atoms with Gasteiger partial charge in [0.1, 0.15) is 0 Å². The third-order valence-corrected chi connectivity index (χ3v) is 8.66. The molecular formula is C37H52N4O. The van der Waals surface area contributed by atoms with Crippen LogP contribution in [0.2, 0.25) is 0 Å². The zero-order valence-electron chi connectivity index (χ0n) is 26.4. The van der Waals surface area contributed by atoms with Crippen LogP contribution in [0.4, 0.5) is 0 Å². The standard InChI is InChI=1S/C37H52N4O/c1-5-6-7-8-9-10-11-12-13-17-26-40(3)27-33-24-22-30-20-21-31-23-25-34(39-36(31)35(30)38-33)28-41(4)29(2)37(42)32-18-15-14-16-19-32/h14-16,18-25,29,37,42H,5-13,17,26-28H2,1-4H3/t29-,37+/m0/s1. The van der Waals surface area contributed by atoms with Crippen LogP contribution in [-0.2, 0) is 13.1 Å². The highest BCUT2D eigenvalue weighted by Crippen LogP contribution is 2.25. The number of unbranched alkanes of at least 4 members (excludes halogenated alkanes) is 9. The number of rotatable bonds is 18. The van der Waals surface area contributed by atoms with E-state index in [-0.39, 0.29) is 6.04 Å². The van der Waals surface area contributed by atoms with Crippen molar-refractivity contribution in [3.05, 3.63) is 83.7 Å². The molecule has 2 heterocycles. The molecule has 2 aromatic carbocycles. The van der Waals surface area contributed by atoms with Crippen molar-refractivity contribution >= 4 is 21.8 Å². The third-order valence-electron chi connectivity index (χ3n) is 8.66. The van der Waals surface area contributed by atoms with Gasteiger partial charge < -0.3 is 10.0 Å². The first-order chi connectivity index (χ1) is 20.5. The highest BCUT2D eigenvalue weighted by atomic mass is 16.3. The van der Waals surface area contributed by atoms with Gasteiger partial charge in [-0.1, -0.05) is 119 Å². The molecule has 0 saturated heterocycles. The largest absolute Gasteiger partial charge is 0.387 e. The molecule has 0 spiro atoms. The molecule has 0 unspecified atom stereocenters. The van der Waals surface area contributed by atoms with Crippen LogP contribution in [0.25, 0.3) is 21.8 Å². The average molecular weight is 569 g/mol. The summed E-state index contributed by atoms with van der Waals surface area (Å²) in [5, 5.41) is 13.1. The van der Waals surface area contributed by atoms with Crippen molar-refractivity contribution in [2.45, 2.75) is 103 Å². The molecule has 4 aromatic rings. The number of aliphatic hydroxyl groups is 1. The zero-order chi connectivity index (χ0) is 29.7. The van der Waals surface area contributed by atoms with Gasteiger partial charge in [0.05, 0.1) is 28.5 Å². The summed E-state index contributed by atoms with van der Waals surface area (Å²) in [7, 11) is 4.26. The highest BCUT2D eigenvalue weighted by molar-refractivity contribution is 6.02. The Morgan fingerprint density at radius 1 is 0.643 bits per heavy atom. The van der Waals surface area contributed by atoms with Gasteiger partial charge in [0.2, 0.25) is 0 Å². The third kappa shape index (κ3) is 9.32. The molecule has 0 aliphatic heterocycles. The second-order valence-electron chi connectivity index (χ2n) is 12.2. The first kappa shape index (κ1) is 32.1. The predicted molar refractivity (Wildman–Crippen MR) is 178 cm³/mol. The molecule has 0 bridgehead atoms. The molecule has 5 heteroatoms. The molecule has 226 valence electrons. The molecular weight excluding hydrogens is 516 g/mol. The van der Waals surface area contributed by atoms with Crippen molar-refractivity contribution in [1.29, 1.82) is 0 Å². The topological polar surface area (TPSA) is 52.5 Å². The van der Waals surface area contributed by atoms with Crippen LogP contribution in [0, 0.1) is 0 Å². The molecule has 5 nitrogen and oxygen atoms in total. The van der Waals surface area contributed by atoms with Gasteiger partial charge in [0, 0.05) is 29.9 Å². The smallest absolute Gasteiger partial charge is 0.0968 e. The van der Waals surface area contributed by atoms with Gasteiger partial charge in [-0.3, -0.25) is 4.90 Å². The molecule has 4 rings (SSSR count). The molecule has 2 aromatic heterocycles. The number of aliphatic hydroxyl groups excluding tert-OH is 1. The number of likely N-dealkylation sites (N-methyl/N-ethyl adjacent to an activating group) is 1. The second kappa shape index (κ2) is 16.7. The van der Waals surface area contributed by atoms with E-state index in [4.69, 9.17) is 9.97 Å². The van der Waals surface area contributed by atoms with E-state index in [0.29, 0.717) is 6.54 Å². The van der Waals surface area contributed by atoms with E-state index in [0.717, 1.165) is 51.8 Å². The normalized spacial score (nSPS) is 13.4. The molecule has 42 heavy (non-hydrogen) atoms. The van der Waals surface area contributed by atoms with Crippen LogP contribution in [0.5, 0.6) is 0 Å². The summed E-state index contributed by atoms with van der Waals surface area (Å²) < 4.78 is 0. The maximum absolute atomic E-state index is 10.9. The fraction of sp³-hybridized carbons (Fsp3) is 0.514. The van der Waals surface area contributed by atoms with E-state index in [2.05, 4.69) is 67.1 Å². The molecule has 1 N–H and O–H groups in total. The van der Waals surface area contributed by atoms with E-state index in [1.165, 1.54) is 64.2 Å². The molecule has 0 amide bonds. The average Bonchev–Trinajstić information content (AvgIpc) is 3.01. The van der Waals surface area contributed by atoms with Crippen molar-refractivity contribution < 1.29 is 5.11 Å². The second-order valence-corrected chi connectivity index (χ2v) is 12.2. The Hall–Kier alpha value is -2.86. The monoisotopic (exact) mass is 568 g/mol. The maximum Gasteiger partial charge on any atom is 0.0968 e. The van der Waals surface area contributed by atoms with Gasteiger partial charge in [-0.05, 0) is 51.7 Å². The summed E-state index contributed by atoms with van der Waals surface area (Å²) in [5.74, 6) is 0. The van der Waals surface area contributed by atoms with Crippen molar-refractivity contribution in [2.24, 2.45) is 0 Å². The van der Waals surface area contributed by atoms with Crippen molar-refractivity contribution in [2.75, 3.05) is 20.6 Å². The molecule has 0 aliphatic rings. The van der Waals surface area contributed by atoms with Crippen LogP contribution in [0.3, 0.4) is 0 Å². The van der Waals surface area contributed by atoms with Gasteiger partial charge in [-0.15, -0.1) is 0 Å². The fourth-order valence-corrected chi connectivity index (χ4v) is 5.82. The van der Waals surface area contributed by atoms with E-state index in [1.54, 1.807) is 0 Å². The molecule has 0 fully saturated rings. The SMILES string of the molecule is CCCCCCCCCCCCN(C)Cc1ccc2ccc3ccc(CN(C)[C@@H](C)[C@@H](O)c4ccccc4)nc3c2n1.